The summed E-state index contributed by atoms with van der Waals surface area (Å²) in [7, 11) is 1.65. The van der Waals surface area contributed by atoms with Crippen molar-refractivity contribution >= 4 is 11.6 Å². The van der Waals surface area contributed by atoms with Crippen molar-refractivity contribution in [3.05, 3.63) is 58.7 Å². The highest BCUT2D eigenvalue weighted by Crippen LogP contribution is 2.22. The van der Waals surface area contributed by atoms with Crippen LogP contribution >= 0.6 is 0 Å². The topological polar surface area (TPSA) is 74.0 Å². The number of anilines is 1. The van der Waals surface area contributed by atoms with Gasteiger partial charge in [0.2, 0.25) is 0 Å². The molecule has 0 aliphatic heterocycles. The molecule has 0 aliphatic rings. The van der Waals surface area contributed by atoms with Gasteiger partial charge in [-0.2, -0.15) is 10.2 Å². The van der Waals surface area contributed by atoms with Crippen LogP contribution in [0.15, 0.2) is 30.5 Å². The fourth-order valence-electron chi connectivity index (χ4n) is 3.06. The van der Waals surface area contributed by atoms with Gasteiger partial charge in [0.25, 0.3) is 5.91 Å². The second-order valence-corrected chi connectivity index (χ2v) is 6.49. The van der Waals surface area contributed by atoms with E-state index in [2.05, 4.69) is 15.5 Å². The van der Waals surface area contributed by atoms with E-state index in [1.165, 1.54) is 0 Å². The van der Waals surface area contributed by atoms with Gasteiger partial charge in [-0.25, -0.2) is 0 Å². The van der Waals surface area contributed by atoms with E-state index in [1.54, 1.807) is 18.0 Å². The Morgan fingerprint density at radius 2 is 1.96 bits per heavy atom. The number of nitrogens with one attached hydrogen (secondary N) is 1. The highest BCUT2D eigenvalue weighted by Gasteiger charge is 2.18. The molecular weight excluding hydrogens is 342 g/mol. The number of aryl methyl sites for hydroxylation is 3. The van der Waals surface area contributed by atoms with Crippen molar-refractivity contribution in [2.75, 3.05) is 12.4 Å². The van der Waals surface area contributed by atoms with Gasteiger partial charge in [0.15, 0.2) is 0 Å². The third-order valence-electron chi connectivity index (χ3n) is 4.60. The molecule has 1 amide bonds. The Bertz CT molecular complexity index is 971. The van der Waals surface area contributed by atoms with E-state index in [4.69, 9.17) is 4.74 Å². The lowest BCUT2D eigenvalue weighted by atomic mass is 10.2. The van der Waals surface area contributed by atoms with Crippen LogP contribution in [0.5, 0.6) is 5.75 Å². The molecule has 0 saturated carbocycles. The van der Waals surface area contributed by atoms with E-state index in [1.807, 2.05) is 56.6 Å². The Hall–Kier alpha value is -3.09. The zero-order valence-electron chi connectivity index (χ0n) is 16.4. The summed E-state index contributed by atoms with van der Waals surface area (Å²) in [6.07, 6.45) is 1.77. The first kappa shape index (κ1) is 18.7. The molecule has 0 atom stereocenters. The Labute approximate surface area is 159 Å². The number of methoxy groups -OCH3 is 1. The number of hydrogen-bond donors (Lipinski definition) is 1. The molecule has 7 nitrogen and oxygen atoms in total. The zero-order valence-corrected chi connectivity index (χ0v) is 16.4. The quantitative estimate of drug-likeness (QED) is 0.725. The van der Waals surface area contributed by atoms with E-state index in [0.29, 0.717) is 17.8 Å². The molecule has 0 unspecified atom stereocenters. The first-order chi connectivity index (χ1) is 12.9. The van der Waals surface area contributed by atoms with Gasteiger partial charge in [-0.3, -0.25) is 14.2 Å². The minimum Gasteiger partial charge on any atom is -0.497 e. The molecule has 3 aromatic rings. The molecular formula is C20H25N5O2. The second kappa shape index (κ2) is 7.65. The van der Waals surface area contributed by atoms with Crippen molar-refractivity contribution in [2.24, 2.45) is 0 Å². The maximum absolute atomic E-state index is 12.7. The number of carbonyl (C=O) groups is 1. The SMILES string of the molecule is CCn1cc(C(=O)Nc2c(C)nn(Cc3cccc(OC)c3)c2C)c(C)n1. The summed E-state index contributed by atoms with van der Waals surface area (Å²) in [6.45, 7) is 9.01. The summed E-state index contributed by atoms with van der Waals surface area (Å²) in [5.41, 5.74) is 4.81. The lowest BCUT2D eigenvalue weighted by molar-refractivity contribution is 0.102. The minimum absolute atomic E-state index is 0.167. The average Bonchev–Trinajstić information content (AvgIpc) is 3.16. The fourth-order valence-corrected chi connectivity index (χ4v) is 3.06. The van der Waals surface area contributed by atoms with E-state index >= 15 is 0 Å². The molecule has 0 radical (unpaired) electrons. The third-order valence-corrected chi connectivity index (χ3v) is 4.60. The highest BCUT2D eigenvalue weighted by molar-refractivity contribution is 6.05. The molecule has 0 spiro atoms. The number of carbonyl (C=O) groups excluding carboxylic acids is 1. The number of nitrogens with zero attached hydrogens (tertiary/aromatic N) is 4. The molecule has 0 aliphatic carbocycles. The molecule has 0 bridgehead atoms. The van der Waals surface area contributed by atoms with Crippen LogP contribution in [-0.4, -0.2) is 32.6 Å². The molecule has 0 fully saturated rings. The van der Waals surface area contributed by atoms with Crippen molar-refractivity contribution in [3.8, 4) is 5.75 Å². The van der Waals surface area contributed by atoms with Crippen molar-refractivity contribution in [1.82, 2.24) is 19.6 Å². The van der Waals surface area contributed by atoms with E-state index < -0.39 is 0 Å². The second-order valence-electron chi connectivity index (χ2n) is 6.49. The Balaban J connectivity index is 1.82. The van der Waals surface area contributed by atoms with E-state index in [9.17, 15) is 4.79 Å². The number of aromatic nitrogens is 4. The highest BCUT2D eigenvalue weighted by atomic mass is 16.5. The summed E-state index contributed by atoms with van der Waals surface area (Å²) in [5.74, 6) is 0.644. The van der Waals surface area contributed by atoms with Crippen molar-refractivity contribution in [2.45, 2.75) is 40.8 Å². The smallest absolute Gasteiger partial charge is 0.259 e. The van der Waals surface area contributed by atoms with Gasteiger partial charge in [-0.05, 0) is 45.4 Å². The predicted octanol–water partition coefficient (Wildman–Crippen LogP) is 3.33. The molecule has 2 aromatic heterocycles. The van der Waals surface area contributed by atoms with Crippen LogP contribution < -0.4 is 10.1 Å². The lowest BCUT2D eigenvalue weighted by Crippen LogP contribution is -2.14. The number of rotatable bonds is 6. The molecule has 3 rings (SSSR count). The van der Waals surface area contributed by atoms with Crippen LogP contribution in [0.3, 0.4) is 0 Å². The summed E-state index contributed by atoms with van der Waals surface area (Å²) in [5, 5.41) is 11.9. The van der Waals surface area contributed by atoms with Crippen LogP contribution in [0, 0.1) is 20.8 Å². The maximum atomic E-state index is 12.7. The van der Waals surface area contributed by atoms with Crippen LogP contribution in [0.2, 0.25) is 0 Å². The van der Waals surface area contributed by atoms with Crippen LogP contribution in [0.1, 0.15) is 39.9 Å². The van der Waals surface area contributed by atoms with E-state index in [-0.39, 0.29) is 5.91 Å². The van der Waals surface area contributed by atoms with Gasteiger partial charge in [-0.1, -0.05) is 12.1 Å². The number of benzene rings is 1. The molecule has 7 heteroatoms. The summed E-state index contributed by atoms with van der Waals surface area (Å²) in [4.78, 5) is 12.7. The van der Waals surface area contributed by atoms with Crippen LogP contribution in [0.25, 0.3) is 0 Å². The Morgan fingerprint density at radius 1 is 1.19 bits per heavy atom. The van der Waals surface area contributed by atoms with Crippen LogP contribution in [0.4, 0.5) is 5.69 Å². The molecule has 2 heterocycles. The molecule has 1 N–H and O–H groups in total. The summed E-state index contributed by atoms with van der Waals surface area (Å²) in [6, 6.07) is 7.88. The molecule has 0 saturated heterocycles. The minimum atomic E-state index is -0.167. The molecule has 142 valence electrons. The number of amides is 1. The van der Waals surface area contributed by atoms with Gasteiger partial charge in [0.1, 0.15) is 5.75 Å². The number of hydrogen-bond acceptors (Lipinski definition) is 4. The standard InChI is InChI=1S/C20H25N5O2/c1-6-24-12-18(13(2)22-24)20(26)21-19-14(3)23-25(15(19)4)11-16-8-7-9-17(10-16)27-5/h7-10,12H,6,11H2,1-5H3,(H,21,26). The normalized spacial score (nSPS) is 10.9. The van der Waals surface area contributed by atoms with Gasteiger partial charge >= 0.3 is 0 Å². The van der Waals surface area contributed by atoms with Crippen LogP contribution in [-0.2, 0) is 13.1 Å². The summed E-state index contributed by atoms with van der Waals surface area (Å²) >= 11 is 0. The van der Waals surface area contributed by atoms with Crippen molar-refractivity contribution in [1.29, 1.82) is 0 Å². The Morgan fingerprint density at radius 3 is 2.63 bits per heavy atom. The van der Waals surface area contributed by atoms with Crippen molar-refractivity contribution in [3.63, 3.8) is 0 Å². The first-order valence-corrected chi connectivity index (χ1v) is 8.95. The van der Waals surface area contributed by atoms with Gasteiger partial charge in [-0.15, -0.1) is 0 Å². The number of ether oxygens (including phenoxy) is 1. The van der Waals surface area contributed by atoms with Gasteiger partial charge < -0.3 is 10.1 Å². The largest absolute Gasteiger partial charge is 0.497 e. The average molecular weight is 367 g/mol. The maximum Gasteiger partial charge on any atom is 0.259 e. The van der Waals surface area contributed by atoms with E-state index in [0.717, 1.165) is 34.9 Å². The van der Waals surface area contributed by atoms with Gasteiger partial charge in [0, 0.05) is 12.7 Å². The predicted molar refractivity (Wildman–Crippen MR) is 104 cm³/mol. The molecule has 1 aromatic carbocycles. The zero-order chi connectivity index (χ0) is 19.6. The molecule has 27 heavy (non-hydrogen) atoms. The first-order valence-electron chi connectivity index (χ1n) is 8.95. The third kappa shape index (κ3) is 3.86. The fraction of sp³-hybridized carbons (Fsp3) is 0.350. The summed E-state index contributed by atoms with van der Waals surface area (Å²) < 4.78 is 8.93. The lowest BCUT2D eigenvalue weighted by Gasteiger charge is -2.08. The van der Waals surface area contributed by atoms with Gasteiger partial charge in [0.05, 0.1) is 42.0 Å². The Kier molecular flexibility index (Phi) is 5.30. The monoisotopic (exact) mass is 367 g/mol. The van der Waals surface area contributed by atoms with Crippen molar-refractivity contribution < 1.29 is 9.53 Å².